The summed E-state index contributed by atoms with van der Waals surface area (Å²) in [7, 11) is 2.04. The van der Waals surface area contributed by atoms with Crippen molar-refractivity contribution in [2.45, 2.75) is 32.7 Å². The smallest absolute Gasteiger partial charge is 0.118 e. The standard InChI is InChI=1S/C14H24N2O/c1-12-3-4-14(17-12)11-16-9-6-13(7-10-16)5-8-15-2/h3-4,13,15H,5-11H2,1-2H3. The molecule has 0 atom stereocenters. The van der Waals surface area contributed by atoms with Crippen molar-refractivity contribution in [3.63, 3.8) is 0 Å². The first kappa shape index (κ1) is 12.7. The van der Waals surface area contributed by atoms with Crippen molar-refractivity contribution < 1.29 is 4.42 Å². The molecular weight excluding hydrogens is 212 g/mol. The summed E-state index contributed by atoms with van der Waals surface area (Å²) in [6.45, 7) is 6.57. The highest BCUT2D eigenvalue weighted by Gasteiger charge is 2.19. The van der Waals surface area contributed by atoms with Crippen LogP contribution in [0.4, 0.5) is 0 Å². The van der Waals surface area contributed by atoms with E-state index in [0.717, 1.165) is 30.5 Å². The maximum atomic E-state index is 5.63. The molecule has 0 aliphatic carbocycles. The largest absolute Gasteiger partial charge is 0.465 e. The van der Waals surface area contributed by atoms with Crippen molar-refractivity contribution in [1.29, 1.82) is 0 Å². The molecule has 1 N–H and O–H groups in total. The van der Waals surface area contributed by atoms with Gasteiger partial charge in [0, 0.05) is 0 Å². The fourth-order valence-corrected chi connectivity index (χ4v) is 2.57. The molecule has 1 aliphatic rings. The first-order valence-corrected chi connectivity index (χ1v) is 6.70. The van der Waals surface area contributed by atoms with Gasteiger partial charge in [0.05, 0.1) is 6.54 Å². The summed E-state index contributed by atoms with van der Waals surface area (Å²) in [6, 6.07) is 4.15. The highest BCUT2D eigenvalue weighted by molar-refractivity contribution is 5.05. The van der Waals surface area contributed by atoms with E-state index in [-0.39, 0.29) is 0 Å². The van der Waals surface area contributed by atoms with E-state index in [2.05, 4.69) is 22.3 Å². The number of furan rings is 1. The minimum atomic E-state index is 0.914. The lowest BCUT2D eigenvalue weighted by atomic mass is 9.93. The second kappa shape index (κ2) is 6.22. The van der Waals surface area contributed by atoms with E-state index in [1.165, 1.54) is 32.4 Å². The van der Waals surface area contributed by atoms with Gasteiger partial charge in [-0.15, -0.1) is 0 Å². The Kier molecular flexibility index (Phi) is 4.63. The van der Waals surface area contributed by atoms with Crippen LogP contribution in [-0.4, -0.2) is 31.6 Å². The number of rotatable bonds is 5. The summed E-state index contributed by atoms with van der Waals surface area (Å²) in [6.07, 6.45) is 3.99. The van der Waals surface area contributed by atoms with Gasteiger partial charge in [-0.3, -0.25) is 4.90 Å². The van der Waals surface area contributed by atoms with Crippen molar-refractivity contribution in [1.82, 2.24) is 10.2 Å². The quantitative estimate of drug-likeness (QED) is 0.851. The van der Waals surface area contributed by atoms with E-state index in [0.29, 0.717) is 0 Å². The lowest BCUT2D eigenvalue weighted by molar-refractivity contribution is 0.161. The topological polar surface area (TPSA) is 28.4 Å². The van der Waals surface area contributed by atoms with Crippen LogP contribution in [0.15, 0.2) is 16.5 Å². The molecule has 96 valence electrons. The van der Waals surface area contributed by atoms with E-state index < -0.39 is 0 Å². The van der Waals surface area contributed by atoms with Crippen LogP contribution in [0.5, 0.6) is 0 Å². The van der Waals surface area contributed by atoms with Crippen LogP contribution < -0.4 is 5.32 Å². The van der Waals surface area contributed by atoms with Gasteiger partial charge in [0.25, 0.3) is 0 Å². The number of likely N-dealkylation sites (tertiary alicyclic amines) is 1. The average molecular weight is 236 g/mol. The van der Waals surface area contributed by atoms with Crippen LogP contribution in [0.3, 0.4) is 0 Å². The van der Waals surface area contributed by atoms with Crippen molar-refractivity contribution >= 4 is 0 Å². The molecule has 1 aliphatic heterocycles. The monoisotopic (exact) mass is 236 g/mol. The van der Waals surface area contributed by atoms with E-state index >= 15 is 0 Å². The summed E-state index contributed by atoms with van der Waals surface area (Å²) in [5.74, 6) is 3.04. The molecule has 2 heterocycles. The number of nitrogens with zero attached hydrogens (tertiary/aromatic N) is 1. The van der Waals surface area contributed by atoms with E-state index in [9.17, 15) is 0 Å². The third kappa shape index (κ3) is 3.86. The van der Waals surface area contributed by atoms with E-state index in [1.54, 1.807) is 0 Å². The summed E-state index contributed by atoms with van der Waals surface area (Å²) in [5, 5.41) is 3.24. The Morgan fingerprint density at radius 1 is 1.35 bits per heavy atom. The minimum absolute atomic E-state index is 0.914. The van der Waals surface area contributed by atoms with Gasteiger partial charge in [-0.05, 0) is 70.9 Å². The van der Waals surface area contributed by atoms with E-state index in [1.807, 2.05) is 14.0 Å². The molecule has 1 saturated heterocycles. The Morgan fingerprint density at radius 3 is 2.71 bits per heavy atom. The molecule has 1 aromatic rings. The van der Waals surface area contributed by atoms with Gasteiger partial charge < -0.3 is 9.73 Å². The van der Waals surface area contributed by atoms with Crippen molar-refractivity contribution in [3.8, 4) is 0 Å². The van der Waals surface area contributed by atoms with Gasteiger partial charge in [-0.2, -0.15) is 0 Å². The second-order valence-electron chi connectivity index (χ2n) is 5.12. The fraction of sp³-hybridized carbons (Fsp3) is 0.714. The fourth-order valence-electron chi connectivity index (χ4n) is 2.57. The molecule has 0 spiro atoms. The normalized spacial score (nSPS) is 18.7. The minimum Gasteiger partial charge on any atom is -0.465 e. The Bertz CT molecular complexity index is 327. The molecule has 0 unspecified atom stereocenters. The van der Waals surface area contributed by atoms with Gasteiger partial charge in [0.2, 0.25) is 0 Å². The van der Waals surface area contributed by atoms with Crippen molar-refractivity contribution in [2.75, 3.05) is 26.7 Å². The molecule has 0 bridgehead atoms. The molecule has 3 heteroatoms. The number of hydrogen-bond donors (Lipinski definition) is 1. The zero-order chi connectivity index (χ0) is 12.1. The maximum Gasteiger partial charge on any atom is 0.118 e. The number of nitrogens with one attached hydrogen (secondary N) is 1. The Balaban J connectivity index is 1.72. The predicted octanol–water partition coefficient (Wildman–Crippen LogP) is 2.41. The molecule has 0 aromatic carbocycles. The molecular formula is C14H24N2O. The van der Waals surface area contributed by atoms with Crippen molar-refractivity contribution in [3.05, 3.63) is 23.7 Å². The highest BCUT2D eigenvalue weighted by atomic mass is 16.3. The average Bonchev–Trinajstić information content (AvgIpc) is 2.74. The Hall–Kier alpha value is -0.800. The lowest BCUT2D eigenvalue weighted by Gasteiger charge is -2.31. The summed E-state index contributed by atoms with van der Waals surface area (Å²) in [5.41, 5.74) is 0. The third-order valence-electron chi connectivity index (χ3n) is 3.69. The Morgan fingerprint density at radius 2 is 2.12 bits per heavy atom. The molecule has 0 radical (unpaired) electrons. The number of aryl methyl sites for hydroxylation is 1. The molecule has 17 heavy (non-hydrogen) atoms. The third-order valence-corrected chi connectivity index (χ3v) is 3.69. The van der Waals surface area contributed by atoms with Crippen molar-refractivity contribution in [2.24, 2.45) is 5.92 Å². The zero-order valence-electron chi connectivity index (χ0n) is 11.0. The van der Waals surface area contributed by atoms with Crippen LogP contribution in [-0.2, 0) is 6.54 Å². The van der Waals surface area contributed by atoms with Gasteiger partial charge in [0.15, 0.2) is 0 Å². The molecule has 2 rings (SSSR count). The first-order chi connectivity index (χ1) is 8.28. The van der Waals surface area contributed by atoms with Crippen LogP contribution in [0.25, 0.3) is 0 Å². The van der Waals surface area contributed by atoms with E-state index in [4.69, 9.17) is 4.42 Å². The maximum absolute atomic E-state index is 5.63. The van der Waals surface area contributed by atoms with Gasteiger partial charge in [-0.1, -0.05) is 0 Å². The molecule has 1 aromatic heterocycles. The first-order valence-electron chi connectivity index (χ1n) is 6.70. The summed E-state index contributed by atoms with van der Waals surface area (Å²) in [4.78, 5) is 2.51. The number of hydrogen-bond acceptors (Lipinski definition) is 3. The van der Waals surface area contributed by atoms with Crippen LogP contribution >= 0.6 is 0 Å². The second-order valence-corrected chi connectivity index (χ2v) is 5.12. The van der Waals surface area contributed by atoms with Crippen LogP contribution in [0.2, 0.25) is 0 Å². The predicted molar refractivity (Wildman–Crippen MR) is 70.0 cm³/mol. The summed E-state index contributed by atoms with van der Waals surface area (Å²) < 4.78 is 5.63. The highest BCUT2D eigenvalue weighted by Crippen LogP contribution is 2.21. The molecule has 1 fully saturated rings. The zero-order valence-corrected chi connectivity index (χ0v) is 11.0. The van der Waals surface area contributed by atoms with Gasteiger partial charge in [-0.25, -0.2) is 0 Å². The lowest BCUT2D eigenvalue weighted by Crippen LogP contribution is -2.33. The van der Waals surface area contributed by atoms with Crippen LogP contribution in [0, 0.1) is 12.8 Å². The van der Waals surface area contributed by atoms with Gasteiger partial charge >= 0.3 is 0 Å². The van der Waals surface area contributed by atoms with Gasteiger partial charge in [0.1, 0.15) is 11.5 Å². The summed E-state index contributed by atoms with van der Waals surface area (Å²) >= 11 is 0. The SMILES string of the molecule is CNCCC1CCN(Cc2ccc(C)o2)CC1. The molecule has 3 nitrogen and oxygen atoms in total. The molecule has 0 saturated carbocycles. The Labute approximate surface area is 104 Å². The number of piperidine rings is 1. The molecule has 0 amide bonds. The van der Waals surface area contributed by atoms with Crippen LogP contribution in [0.1, 0.15) is 30.8 Å².